The standard InChI is InChI=1S/C43H50Cl2N4O9/c1-4-55-39(54)42(28-51)14-16-49(26-42)15-9-17-58-43(13-8-12-34(41(43,3)45)32-10-6-5-7-11-32)29-57-37-20-36(56-25-31-18-30(21-46)22-47-23-31)33(19-35(37)44)24-48-40(2,27-50)38(52)53/h5-8,10-13,18-20,22-23,48,50-51H,4,9,14-17,24-29H2,1-3H3,(H,52,53). The number of aromatic nitrogens is 1. The normalized spacial score (nSPS) is 22.8. The summed E-state index contributed by atoms with van der Waals surface area (Å²) in [5, 5.41) is 42.1. The third-order valence-electron chi connectivity index (χ3n) is 10.8. The molecule has 1 aromatic heterocycles. The highest BCUT2D eigenvalue weighted by atomic mass is 35.5. The quantitative estimate of drug-likeness (QED) is 0.0634. The lowest BCUT2D eigenvalue weighted by Crippen LogP contribution is -2.55. The molecular weight excluding hydrogens is 787 g/mol. The smallest absolute Gasteiger partial charge is 0.326 e. The van der Waals surface area contributed by atoms with E-state index in [1.807, 2.05) is 55.5 Å². The van der Waals surface area contributed by atoms with Crippen LogP contribution in [-0.4, -0.2) is 106 Å². The van der Waals surface area contributed by atoms with E-state index in [4.69, 9.17) is 42.1 Å². The summed E-state index contributed by atoms with van der Waals surface area (Å²) >= 11 is 14.4. The van der Waals surface area contributed by atoms with Crippen LogP contribution in [0.5, 0.6) is 11.5 Å². The summed E-state index contributed by atoms with van der Waals surface area (Å²) in [5.74, 6) is -1.08. The fourth-order valence-corrected chi connectivity index (χ4v) is 7.58. The van der Waals surface area contributed by atoms with E-state index in [2.05, 4.69) is 21.3 Å². The van der Waals surface area contributed by atoms with Gasteiger partial charge in [0.15, 0.2) is 0 Å². The van der Waals surface area contributed by atoms with Crippen LogP contribution in [0.2, 0.25) is 5.02 Å². The molecule has 58 heavy (non-hydrogen) atoms. The van der Waals surface area contributed by atoms with Gasteiger partial charge in [-0.05, 0) is 69.5 Å². The molecule has 2 aliphatic rings. The van der Waals surface area contributed by atoms with Crippen molar-refractivity contribution in [2.24, 2.45) is 5.41 Å². The summed E-state index contributed by atoms with van der Waals surface area (Å²) in [6.07, 6.45) is 9.81. The number of nitriles is 1. The van der Waals surface area contributed by atoms with Gasteiger partial charge in [-0.15, -0.1) is 11.6 Å². The van der Waals surface area contributed by atoms with E-state index in [1.165, 1.54) is 13.1 Å². The number of allylic oxidation sites excluding steroid dienone is 2. The van der Waals surface area contributed by atoms with Gasteiger partial charge in [-0.25, -0.2) is 0 Å². The highest BCUT2D eigenvalue weighted by Crippen LogP contribution is 2.48. The van der Waals surface area contributed by atoms with Gasteiger partial charge in [0.1, 0.15) is 52.2 Å². The molecule has 4 atom stereocenters. The average molecular weight is 838 g/mol. The Morgan fingerprint density at radius 3 is 2.59 bits per heavy atom. The highest BCUT2D eigenvalue weighted by molar-refractivity contribution is 6.32. The van der Waals surface area contributed by atoms with Crippen LogP contribution in [0.4, 0.5) is 0 Å². The first-order valence-electron chi connectivity index (χ1n) is 19.1. The zero-order valence-corrected chi connectivity index (χ0v) is 34.4. The highest BCUT2D eigenvalue weighted by Gasteiger charge is 2.52. The Morgan fingerprint density at radius 2 is 1.90 bits per heavy atom. The van der Waals surface area contributed by atoms with Gasteiger partial charge in [-0.2, -0.15) is 5.26 Å². The van der Waals surface area contributed by atoms with E-state index in [1.54, 1.807) is 31.3 Å². The number of likely N-dealkylation sites (tertiary alicyclic amines) is 1. The average Bonchev–Trinajstić information content (AvgIpc) is 3.66. The first-order valence-corrected chi connectivity index (χ1v) is 19.8. The number of nitrogens with zero attached hydrogens (tertiary/aromatic N) is 3. The predicted molar refractivity (Wildman–Crippen MR) is 219 cm³/mol. The van der Waals surface area contributed by atoms with Gasteiger partial charge in [0.25, 0.3) is 0 Å². The molecule has 0 saturated carbocycles. The first kappa shape index (κ1) is 44.6. The molecule has 15 heteroatoms. The lowest BCUT2D eigenvalue weighted by molar-refractivity contribution is -0.157. The van der Waals surface area contributed by atoms with Crippen molar-refractivity contribution < 1.29 is 43.9 Å². The number of carboxylic acid groups (broad SMARTS) is 1. The second-order valence-corrected chi connectivity index (χ2v) is 16.1. The molecule has 0 radical (unpaired) electrons. The van der Waals surface area contributed by atoms with Crippen molar-refractivity contribution in [3.05, 3.63) is 106 Å². The summed E-state index contributed by atoms with van der Waals surface area (Å²) in [4.78, 5) is 29.7. The van der Waals surface area contributed by atoms with Crippen molar-refractivity contribution in [3.63, 3.8) is 0 Å². The van der Waals surface area contributed by atoms with E-state index in [-0.39, 0.29) is 56.3 Å². The molecule has 2 aromatic carbocycles. The molecule has 1 fully saturated rings. The third-order valence-corrected chi connectivity index (χ3v) is 11.6. The van der Waals surface area contributed by atoms with E-state index >= 15 is 0 Å². The van der Waals surface area contributed by atoms with Crippen LogP contribution in [0.15, 0.2) is 79.2 Å². The maximum Gasteiger partial charge on any atom is 0.326 e. The molecule has 2 heterocycles. The molecule has 4 N–H and O–H groups in total. The predicted octanol–water partition coefficient (Wildman–Crippen LogP) is 5.53. The molecule has 0 amide bonds. The van der Waals surface area contributed by atoms with Crippen LogP contribution < -0.4 is 14.8 Å². The topological polar surface area (TPSA) is 184 Å². The van der Waals surface area contributed by atoms with Gasteiger partial charge in [-0.3, -0.25) is 19.9 Å². The SMILES string of the molecule is CCOC(=O)C1(CO)CCN(CCCOC2(COc3cc(OCc4cncc(C#N)c4)c(CNC(C)(CO)C(=O)O)cc3Cl)C=CC=C(c3ccccc3)C2(C)Cl)C1. The summed E-state index contributed by atoms with van der Waals surface area (Å²) < 4.78 is 24.8. The molecule has 0 spiro atoms. The minimum atomic E-state index is -1.65. The number of aliphatic hydroxyl groups excluding tert-OH is 2. The fourth-order valence-electron chi connectivity index (χ4n) is 6.99. The van der Waals surface area contributed by atoms with Crippen molar-refractivity contribution >= 4 is 40.7 Å². The number of hydrogen-bond donors (Lipinski definition) is 4. The van der Waals surface area contributed by atoms with Gasteiger partial charge < -0.3 is 39.2 Å². The number of esters is 1. The third kappa shape index (κ3) is 10.0. The Morgan fingerprint density at radius 1 is 1.12 bits per heavy atom. The van der Waals surface area contributed by atoms with E-state index in [9.17, 15) is 30.2 Å². The van der Waals surface area contributed by atoms with Crippen LogP contribution in [0.3, 0.4) is 0 Å². The number of hydrogen-bond acceptors (Lipinski definition) is 12. The molecular formula is C43H50Cl2N4O9. The maximum atomic E-state index is 12.7. The Hall–Kier alpha value is -4.52. The first-order chi connectivity index (χ1) is 27.7. The zero-order chi connectivity index (χ0) is 42.0. The van der Waals surface area contributed by atoms with Crippen molar-refractivity contribution in [2.45, 2.75) is 62.8 Å². The summed E-state index contributed by atoms with van der Waals surface area (Å²) in [7, 11) is 0. The number of pyridine rings is 1. The number of carbonyl (C=O) groups is 2. The van der Waals surface area contributed by atoms with Gasteiger partial charge >= 0.3 is 11.9 Å². The number of aliphatic hydroxyl groups is 2. The fraction of sp³-hybridized carbons (Fsp3) is 0.442. The van der Waals surface area contributed by atoms with Gasteiger partial charge in [0, 0.05) is 55.8 Å². The van der Waals surface area contributed by atoms with E-state index < -0.39 is 34.0 Å². The minimum absolute atomic E-state index is 0.0176. The Labute approximate surface area is 348 Å². The van der Waals surface area contributed by atoms with E-state index in [0.29, 0.717) is 54.9 Å². The maximum absolute atomic E-state index is 12.7. The zero-order valence-electron chi connectivity index (χ0n) is 32.9. The summed E-state index contributed by atoms with van der Waals surface area (Å²) in [6, 6.07) is 16.6. The van der Waals surface area contributed by atoms with Crippen molar-refractivity contribution in [3.8, 4) is 17.6 Å². The number of carboxylic acids is 1. The lowest BCUT2D eigenvalue weighted by atomic mass is 9.76. The van der Waals surface area contributed by atoms with Gasteiger partial charge in [-0.1, -0.05) is 54.1 Å². The van der Waals surface area contributed by atoms with Crippen molar-refractivity contribution in [2.75, 3.05) is 52.7 Å². The number of rotatable bonds is 20. The van der Waals surface area contributed by atoms with Crippen LogP contribution in [0.25, 0.3) is 5.57 Å². The second-order valence-electron chi connectivity index (χ2n) is 14.9. The summed E-state index contributed by atoms with van der Waals surface area (Å²) in [6.45, 7) is 6.08. The molecule has 0 bridgehead atoms. The van der Waals surface area contributed by atoms with Crippen LogP contribution in [0.1, 0.15) is 55.9 Å². The number of halogens is 2. The number of alkyl halides is 1. The number of carbonyl (C=O) groups excluding carboxylic acids is 1. The number of nitrogens with one attached hydrogen (secondary N) is 1. The molecule has 1 saturated heterocycles. The molecule has 5 rings (SSSR count). The van der Waals surface area contributed by atoms with Crippen molar-refractivity contribution in [1.82, 2.24) is 15.2 Å². The van der Waals surface area contributed by atoms with Crippen LogP contribution in [0, 0.1) is 16.7 Å². The molecule has 310 valence electrons. The second kappa shape index (κ2) is 19.5. The Kier molecular flexibility index (Phi) is 15.0. The summed E-state index contributed by atoms with van der Waals surface area (Å²) in [5.41, 5.74) is -0.623. The molecule has 1 aliphatic carbocycles. The molecule has 13 nitrogen and oxygen atoms in total. The molecule has 3 aromatic rings. The minimum Gasteiger partial charge on any atom is -0.488 e. The largest absolute Gasteiger partial charge is 0.488 e. The van der Waals surface area contributed by atoms with Gasteiger partial charge in [0.05, 0.1) is 30.4 Å². The number of aliphatic carboxylic acids is 1. The van der Waals surface area contributed by atoms with Crippen LogP contribution >= 0.6 is 23.2 Å². The lowest BCUT2D eigenvalue weighted by Gasteiger charge is -2.45. The van der Waals surface area contributed by atoms with Crippen molar-refractivity contribution in [1.29, 1.82) is 5.26 Å². The Bertz CT molecular complexity index is 2020. The number of ether oxygens (including phenoxy) is 4. The number of benzene rings is 2. The monoisotopic (exact) mass is 836 g/mol. The Balaban J connectivity index is 1.40. The molecule has 4 unspecified atom stereocenters. The van der Waals surface area contributed by atoms with E-state index in [0.717, 1.165) is 11.1 Å². The van der Waals surface area contributed by atoms with Crippen LogP contribution in [-0.2, 0) is 32.2 Å². The van der Waals surface area contributed by atoms with Gasteiger partial charge in [0.2, 0.25) is 0 Å². The molecule has 1 aliphatic heterocycles.